The summed E-state index contributed by atoms with van der Waals surface area (Å²) in [7, 11) is 0. The molecule has 1 saturated carbocycles. The van der Waals surface area contributed by atoms with Crippen molar-refractivity contribution in [1.82, 2.24) is 4.90 Å². The fourth-order valence-corrected chi connectivity index (χ4v) is 1.72. The molecular formula is C9H18N2O. The van der Waals surface area contributed by atoms with Crippen LogP contribution in [0, 0.1) is 0 Å². The summed E-state index contributed by atoms with van der Waals surface area (Å²) in [6.45, 7) is 6.08. The van der Waals surface area contributed by atoms with Crippen molar-refractivity contribution in [3.8, 4) is 0 Å². The second-order valence-electron chi connectivity index (χ2n) is 4.26. The van der Waals surface area contributed by atoms with E-state index in [4.69, 9.17) is 10.5 Å². The molecule has 0 spiro atoms. The van der Waals surface area contributed by atoms with Gasteiger partial charge in [-0.1, -0.05) is 0 Å². The van der Waals surface area contributed by atoms with Gasteiger partial charge in [0.1, 0.15) is 0 Å². The van der Waals surface area contributed by atoms with Crippen LogP contribution in [0.25, 0.3) is 0 Å². The smallest absolute Gasteiger partial charge is 0.0619 e. The Morgan fingerprint density at radius 2 is 2.33 bits per heavy atom. The zero-order chi connectivity index (χ0) is 8.60. The molecule has 0 aromatic heterocycles. The Balaban J connectivity index is 1.84. The predicted octanol–water partition coefficient (Wildman–Crippen LogP) is 0.198. The summed E-state index contributed by atoms with van der Waals surface area (Å²) in [5.41, 5.74) is 6.22. The predicted molar refractivity (Wildman–Crippen MR) is 48.0 cm³/mol. The number of hydrogen-bond acceptors (Lipinski definition) is 3. The Morgan fingerprint density at radius 3 is 2.92 bits per heavy atom. The Morgan fingerprint density at radius 1 is 1.58 bits per heavy atom. The molecule has 1 aliphatic heterocycles. The Labute approximate surface area is 73.9 Å². The van der Waals surface area contributed by atoms with Crippen molar-refractivity contribution in [3.05, 3.63) is 0 Å². The molecule has 2 aliphatic rings. The number of morpholine rings is 1. The van der Waals surface area contributed by atoms with Crippen LogP contribution in [0.15, 0.2) is 0 Å². The molecule has 0 aromatic rings. The molecule has 1 aliphatic carbocycles. The lowest BCUT2D eigenvalue weighted by atomic mass is 10.2. The van der Waals surface area contributed by atoms with Gasteiger partial charge in [-0.3, -0.25) is 4.90 Å². The first kappa shape index (κ1) is 8.48. The lowest BCUT2D eigenvalue weighted by Crippen LogP contribution is -2.49. The molecule has 0 bridgehead atoms. The quantitative estimate of drug-likeness (QED) is 0.643. The molecule has 12 heavy (non-hydrogen) atoms. The van der Waals surface area contributed by atoms with Gasteiger partial charge in [-0.15, -0.1) is 0 Å². The van der Waals surface area contributed by atoms with Gasteiger partial charge in [0.25, 0.3) is 0 Å². The molecule has 3 heteroatoms. The number of nitrogens with zero attached hydrogens (tertiary/aromatic N) is 1. The highest BCUT2D eigenvalue weighted by atomic mass is 16.5. The van der Waals surface area contributed by atoms with Gasteiger partial charge in [0, 0.05) is 24.7 Å². The maximum absolute atomic E-state index is 6.06. The van der Waals surface area contributed by atoms with Gasteiger partial charge in [0.2, 0.25) is 0 Å². The SMILES string of the molecule is CC1COCCN1CC1(N)CC1. The van der Waals surface area contributed by atoms with Gasteiger partial charge in [-0.2, -0.15) is 0 Å². The van der Waals surface area contributed by atoms with Crippen LogP contribution < -0.4 is 5.73 Å². The van der Waals surface area contributed by atoms with Crippen molar-refractivity contribution in [3.63, 3.8) is 0 Å². The zero-order valence-corrected chi connectivity index (χ0v) is 7.75. The lowest BCUT2D eigenvalue weighted by molar-refractivity contribution is -0.00398. The van der Waals surface area contributed by atoms with E-state index >= 15 is 0 Å². The molecule has 1 saturated heterocycles. The maximum Gasteiger partial charge on any atom is 0.0619 e. The number of nitrogens with two attached hydrogens (primary N) is 1. The molecule has 2 fully saturated rings. The molecule has 2 N–H and O–H groups in total. The summed E-state index contributed by atoms with van der Waals surface area (Å²) >= 11 is 0. The minimum Gasteiger partial charge on any atom is -0.379 e. The average Bonchev–Trinajstić information content (AvgIpc) is 2.74. The van der Waals surface area contributed by atoms with Crippen LogP contribution in [0.3, 0.4) is 0 Å². The van der Waals surface area contributed by atoms with E-state index in [0.29, 0.717) is 6.04 Å². The molecule has 0 amide bonds. The molecular weight excluding hydrogens is 152 g/mol. The van der Waals surface area contributed by atoms with Crippen molar-refractivity contribution in [2.75, 3.05) is 26.3 Å². The monoisotopic (exact) mass is 170 g/mol. The zero-order valence-electron chi connectivity index (χ0n) is 7.75. The summed E-state index contributed by atoms with van der Waals surface area (Å²) in [6.07, 6.45) is 2.41. The van der Waals surface area contributed by atoms with Crippen molar-refractivity contribution in [2.45, 2.75) is 31.3 Å². The summed E-state index contributed by atoms with van der Waals surface area (Å²) in [4.78, 5) is 2.45. The summed E-state index contributed by atoms with van der Waals surface area (Å²) in [5.74, 6) is 0. The molecule has 1 atom stereocenters. The van der Waals surface area contributed by atoms with E-state index in [0.717, 1.165) is 26.3 Å². The highest BCUT2D eigenvalue weighted by molar-refractivity contribution is 5.01. The van der Waals surface area contributed by atoms with Crippen LogP contribution in [-0.4, -0.2) is 42.8 Å². The molecule has 2 rings (SSSR count). The largest absolute Gasteiger partial charge is 0.379 e. The standard InChI is InChI=1S/C9H18N2O/c1-8-6-12-5-4-11(8)7-9(10)2-3-9/h8H,2-7,10H2,1H3. The fraction of sp³-hybridized carbons (Fsp3) is 1.00. The molecule has 1 heterocycles. The van der Waals surface area contributed by atoms with Gasteiger partial charge in [-0.25, -0.2) is 0 Å². The average molecular weight is 170 g/mol. The van der Waals surface area contributed by atoms with Crippen molar-refractivity contribution >= 4 is 0 Å². The Hall–Kier alpha value is -0.120. The third kappa shape index (κ3) is 1.79. The van der Waals surface area contributed by atoms with Crippen LogP contribution in [0.1, 0.15) is 19.8 Å². The van der Waals surface area contributed by atoms with E-state index in [-0.39, 0.29) is 5.54 Å². The van der Waals surface area contributed by atoms with Gasteiger partial charge >= 0.3 is 0 Å². The summed E-state index contributed by atoms with van der Waals surface area (Å²) in [5, 5.41) is 0. The minimum absolute atomic E-state index is 0.158. The number of ether oxygens (including phenoxy) is 1. The first-order chi connectivity index (χ1) is 5.70. The van der Waals surface area contributed by atoms with E-state index in [9.17, 15) is 0 Å². The maximum atomic E-state index is 6.06. The van der Waals surface area contributed by atoms with E-state index in [2.05, 4.69) is 11.8 Å². The number of hydrogen-bond donors (Lipinski definition) is 1. The van der Waals surface area contributed by atoms with Crippen LogP contribution in [0.4, 0.5) is 0 Å². The van der Waals surface area contributed by atoms with E-state index < -0.39 is 0 Å². The third-order valence-corrected chi connectivity index (χ3v) is 2.92. The normalized spacial score (nSPS) is 35.0. The molecule has 3 nitrogen and oxygen atoms in total. The first-order valence-electron chi connectivity index (χ1n) is 4.80. The minimum atomic E-state index is 0.158. The second-order valence-corrected chi connectivity index (χ2v) is 4.26. The second kappa shape index (κ2) is 2.98. The molecule has 1 unspecified atom stereocenters. The molecule has 70 valence electrons. The summed E-state index contributed by atoms with van der Waals surface area (Å²) < 4.78 is 5.36. The molecule has 0 aromatic carbocycles. The van der Waals surface area contributed by atoms with E-state index in [1.165, 1.54) is 12.8 Å². The lowest BCUT2D eigenvalue weighted by Gasteiger charge is -2.34. The Kier molecular flexibility index (Phi) is 2.10. The van der Waals surface area contributed by atoms with Gasteiger partial charge in [0.15, 0.2) is 0 Å². The van der Waals surface area contributed by atoms with Gasteiger partial charge < -0.3 is 10.5 Å². The fourth-order valence-electron chi connectivity index (χ4n) is 1.72. The highest BCUT2D eigenvalue weighted by Gasteiger charge is 2.40. The van der Waals surface area contributed by atoms with Gasteiger partial charge in [0.05, 0.1) is 13.2 Å². The van der Waals surface area contributed by atoms with Crippen molar-refractivity contribution in [2.24, 2.45) is 5.73 Å². The summed E-state index contributed by atoms with van der Waals surface area (Å²) in [6, 6.07) is 0.555. The van der Waals surface area contributed by atoms with Crippen LogP contribution >= 0.6 is 0 Å². The third-order valence-electron chi connectivity index (χ3n) is 2.92. The topological polar surface area (TPSA) is 38.5 Å². The van der Waals surface area contributed by atoms with Crippen LogP contribution in [0.2, 0.25) is 0 Å². The van der Waals surface area contributed by atoms with Crippen molar-refractivity contribution in [1.29, 1.82) is 0 Å². The number of rotatable bonds is 2. The molecule has 0 radical (unpaired) electrons. The van der Waals surface area contributed by atoms with Crippen molar-refractivity contribution < 1.29 is 4.74 Å². The first-order valence-corrected chi connectivity index (χ1v) is 4.80. The van der Waals surface area contributed by atoms with Crippen LogP contribution in [0.5, 0.6) is 0 Å². The van der Waals surface area contributed by atoms with Gasteiger partial charge in [-0.05, 0) is 19.8 Å². The van der Waals surface area contributed by atoms with Crippen LogP contribution in [-0.2, 0) is 4.74 Å². The van der Waals surface area contributed by atoms with E-state index in [1.807, 2.05) is 0 Å². The Bertz CT molecular complexity index is 168. The highest BCUT2D eigenvalue weighted by Crippen LogP contribution is 2.33. The van der Waals surface area contributed by atoms with E-state index in [1.54, 1.807) is 0 Å².